The number of rotatable bonds is 3. The van der Waals surface area contributed by atoms with E-state index in [2.05, 4.69) is 66.7 Å². The molecular weight excluding hydrogens is 254 g/mol. The summed E-state index contributed by atoms with van der Waals surface area (Å²) < 4.78 is 0. The van der Waals surface area contributed by atoms with Gasteiger partial charge in [0.25, 0.3) is 0 Å². The highest BCUT2D eigenvalue weighted by Crippen LogP contribution is 2.37. The first-order valence-electron chi connectivity index (χ1n) is 7.63. The summed E-state index contributed by atoms with van der Waals surface area (Å²) in [5.74, 6) is 0.514. The molecule has 0 bridgehead atoms. The van der Waals surface area contributed by atoms with Crippen LogP contribution in [0, 0.1) is 0 Å². The van der Waals surface area contributed by atoms with Crippen molar-refractivity contribution in [2.75, 3.05) is 0 Å². The maximum Gasteiger partial charge on any atom is 0.0152 e. The Hall–Kier alpha value is -2.12. The molecule has 0 spiro atoms. The first-order chi connectivity index (χ1) is 10.3. The molecule has 0 amide bonds. The summed E-state index contributed by atoms with van der Waals surface area (Å²) in [5.41, 5.74) is 10.8. The topological polar surface area (TPSA) is 26.0 Å². The first-order valence-corrected chi connectivity index (χ1v) is 7.63. The Bertz CT molecular complexity index is 785. The van der Waals surface area contributed by atoms with E-state index < -0.39 is 0 Å². The summed E-state index contributed by atoms with van der Waals surface area (Å²) >= 11 is 0. The monoisotopic (exact) mass is 273 g/mol. The van der Waals surface area contributed by atoms with E-state index in [1.54, 1.807) is 0 Å². The van der Waals surface area contributed by atoms with Crippen LogP contribution in [0.4, 0.5) is 0 Å². The van der Waals surface area contributed by atoms with E-state index in [0.29, 0.717) is 5.92 Å². The summed E-state index contributed by atoms with van der Waals surface area (Å²) in [6.45, 7) is 0. The Kier molecular flexibility index (Phi) is 3.01. The van der Waals surface area contributed by atoms with Crippen molar-refractivity contribution in [3.8, 4) is 0 Å². The molecule has 1 aliphatic rings. The van der Waals surface area contributed by atoms with Crippen molar-refractivity contribution in [1.29, 1.82) is 0 Å². The SMILES string of the molecule is NC(Cc1cccc2ccccc12)C1Cc2ccccc21. The van der Waals surface area contributed by atoms with Crippen LogP contribution in [0.3, 0.4) is 0 Å². The quantitative estimate of drug-likeness (QED) is 0.765. The molecule has 2 atom stereocenters. The fourth-order valence-corrected chi connectivity index (χ4v) is 3.55. The molecule has 0 radical (unpaired) electrons. The van der Waals surface area contributed by atoms with Crippen LogP contribution in [-0.4, -0.2) is 6.04 Å². The lowest BCUT2D eigenvalue weighted by atomic mass is 9.72. The van der Waals surface area contributed by atoms with Gasteiger partial charge in [0, 0.05) is 12.0 Å². The molecule has 0 saturated heterocycles. The minimum Gasteiger partial charge on any atom is -0.327 e. The molecule has 1 nitrogen and oxygen atoms in total. The zero-order valence-corrected chi connectivity index (χ0v) is 12.0. The molecule has 21 heavy (non-hydrogen) atoms. The van der Waals surface area contributed by atoms with Crippen LogP contribution in [0.25, 0.3) is 10.8 Å². The van der Waals surface area contributed by atoms with E-state index in [4.69, 9.17) is 5.73 Å². The maximum atomic E-state index is 6.52. The Morgan fingerprint density at radius 3 is 2.57 bits per heavy atom. The van der Waals surface area contributed by atoms with Crippen LogP contribution >= 0.6 is 0 Å². The number of nitrogens with two attached hydrogens (primary N) is 1. The second-order valence-electron chi connectivity index (χ2n) is 6.02. The number of hydrogen-bond acceptors (Lipinski definition) is 1. The van der Waals surface area contributed by atoms with E-state index in [9.17, 15) is 0 Å². The fraction of sp³-hybridized carbons (Fsp3) is 0.200. The van der Waals surface area contributed by atoms with E-state index in [1.807, 2.05) is 0 Å². The van der Waals surface area contributed by atoms with Crippen LogP contribution in [-0.2, 0) is 12.8 Å². The minimum absolute atomic E-state index is 0.200. The minimum atomic E-state index is 0.200. The normalized spacial score (nSPS) is 18.0. The predicted octanol–water partition coefficient (Wildman–Crippen LogP) is 4.05. The lowest BCUT2D eigenvalue weighted by Gasteiger charge is -2.35. The van der Waals surface area contributed by atoms with Gasteiger partial charge in [-0.15, -0.1) is 0 Å². The van der Waals surface area contributed by atoms with Gasteiger partial charge in [0.05, 0.1) is 0 Å². The van der Waals surface area contributed by atoms with Crippen molar-refractivity contribution < 1.29 is 0 Å². The van der Waals surface area contributed by atoms with Gasteiger partial charge in [-0.25, -0.2) is 0 Å². The van der Waals surface area contributed by atoms with Gasteiger partial charge in [-0.3, -0.25) is 0 Å². The Morgan fingerprint density at radius 2 is 1.67 bits per heavy atom. The average Bonchev–Trinajstić information content (AvgIpc) is 2.49. The molecule has 2 unspecified atom stereocenters. The fourth-order valence-electron chi connectivity index (χ4n) is 3.55. The molecule has 1 aliphatic carbocycles. The third-order valence-corrected chi connectivity index (χ3v) is 4.75. The molecule has 1 heteroatoms. The standard InChI is InChI=1S/C20H19N/c21-20(19-12-15-7-2-4-11-18(15)19)13-16-9-5-8-14-6-1-3-10-17(14)16/h1-11,19-20H,12-13,21H2. The van der Waals surface area contributed by atoms with Gasteiger partial charge in [-0.2, -0.15) is 0 Å². The van der Waals surface area contributed by atoms with E-state index in [-0.39, 0.29) is 6.04 Å². The van der Waals surface area contributed by atoms with Crippen molar-refractivity contribution >= 4 is 10.8 Å². The van der Waals surface area contributed by atoms with Gasteiger partial charge < -0.3 is 5.73 Å². The highest BCUT2D eigenvalue weighted by atomic mass is 14.7. The van der Waals surface area contributed by atoms with Gasteiger partial charge in [-0.1, -0.05) is 66.7 Å². The lowest BCUT2D eigenvalue weighted by molar-refractivity contribution is 0.481. The van der Waals surface area contributed by atoms with Crippen molar-refractivity contribution in [3.63, 3.8) is 0 Å². The second kappa shape index (κ2) is 5.01. The first kappa shape index (κ1) is 12.6. The van der Waals surface area contributed by atoms with Crippen LogP contribution in [0.1, 0.15) is 22.6 Å². The molecule has 104 valence electrons. The van der Waals surface area contributed by atoms with Gasteiger partial charge in [-0.05, 0) is 40.3 Å². The largest absolute Gasteiger partial charge is 0.327 e. The highest BCUT2D eigenvalue weighted by molar-refractivity contribution is 5.85. The predicted molar refractivity (Wildman–Crippen MR) is 88.5 cm³/mol. The number of hydrogen-bond donors (Lipinski definition) is 1. The third kappa shape index (κ3) is 2.14. The van der Waals surface area contributed by atoms with Crippen molar-refractivity contribution in [2.24, 2.45) is 5.73 Å². The molecule has 0 aromatic heterocycles. The highest BCUT2D eigenvalue weighted by Gasteiger charge is 2.30. The smallest absolute Gasteiger partial charge is 0.0152 e. The van der Waals surface area contributed by atoms with Crippen molar-refractivity contribution in [2.45, 2.75) is 24.8 Å². The zero-order valence-electron chi connectivity index (χ0n) is 12.0. The number of benzene rings is 3. The molecule has 3 aromatic rings. The lowest BCUT2D eigenvalue weighted by Crippen LogP contribution is -2.37. The van der Waals surface area contributed by atoms with Crippen LogP contribution < -0.4 is 5.73 Å². The van der Waals surface area contributed by atoms with Crippen LogP contribution in [0.15, 0.2) is 66.7 Å². The number of fused-ring (bicyclic) bond motifs is 2. The van der Waals surface area contributed by atoms with Crippen LogP contribution in [0.2, 0.25) is 0 Å². The summed E-state index contributed by atoms with van der Waals surface area (Å²) in [5, 5.41) is 2.64. The van der Waals surface area contributed by atoms with E-state index >= 15 is 0 Å². The maximum absolute atomic E-state index is 6.52. The van der Waals surface area contributed by atoms with Crippen molar-refractivity contribution in [3.05, 3.63) is 83.4 Å². The molecular formula is C20H19N. The molecule has 0 heterocycles. The van der Waals surface area contributed by atoms with Gasteiger partial charge >= 0.3 is 0 Å². The Morgan fingerprint density at radius 1 is 0.905 bits per heavy atom. The van der Waals surface area contributed by atoms with Crippen LogP contribution in [0.5, 0.6) is 0 Å². The summed E-state index contributed by atoms with van der Waals surface area (Å²) in [4.78, 5) is 0. The molecule has 0 saturated carbocycles. The molecule has 0 aliphatic heterocycles. The van der Waals surface area contributed by atoms with E-state index in [0.717, 1.165) is 12.8 Å². The third-order valence-electron chi connectivity index (χ3n) is 4.75. The van der Waals surface area contributed by atoms with Gasteiger partial charge in [0.2, 0.25) is 0 Å². The molecule has 3 aromatic carbocycles. The summed E-state index contributed by atoms with van der Waals surface area (Å²) in [6.07, 6.45) is 2.07. The molecule has 0 fully saturated rings. The van der Waals surface area contributed by atoms with Crippen molar-refractivity contribution in [1.82, 2.24) is 0 Å². The summed E-state index contributed by atoms with van der Waals surface area (Å²) in [7, 11) is 0. The van der Waals surface area contributed by atoms with Gasteiger partial charge in [0.1, 0.15) is 0 Å². The van der Waals surface area contributed by atoms with Gasteiger partial charge in [0.15, 0.2) is 0 Å². The molecule has 4 rings (SSSR count). The van der Waals surface area contributed by atoms with E-state index in [1.165, 1.54) is 27.5 Å². The zero-order chi connectivity index (χ0) is 14.2. The molecule has 2 N–H and O–H groups in total. The average molecular weight is 273 g/mol. The summed E-state index contributed by atoms with van der Waals surface area (Å²) in [6, 6.07) is 24.0. The second-order valence-corrected chi connectivity index (χ2v) is 6.02. The Labute approximate surface area is 125 Å². The Balaban J connectivity index is 1.61.